The van der Waals surface area contributed by atoms with E-state index >= 15 is 0 Å². The van der Waals surface area contributed by atoms with Crippen molar-refractivity contribution >= 4 is 23.2 Å². The lowest BCUT2D eigenvalue weighted by Gasteiger charge is -2.34. The van der Waals surface area contributed by atoms with E-state index in [1.54, 1.807) is 17.9 Å². The molecule has 4 rings (SSSR count). The van der Waals surface area contributed by atoms with E-state index in [1.165, 1.54) is 0 Å². The topological polar surface area (TPSA) is 72.4 Å². The lowest BCUT2D eigenvalue weighted by atomic mass is 9.89. The molecule has 0 N–H and O–H groups in total. The molecule has 1 atom stereocenters. The van der Waals surface area contributed by atoms with Gasteiger partial charge in [-0.25, -0.2) is 0 Å². The summed E-state index contributed by atoms with van der Waals surface area (Å²) >= 11 is 1.11. The monoisotopic (exact) mass is 329 g/mol. The zero-order valence-electron chi connectivity index (χ0n) is 12.6. The van der Waals surface area contributed by atoms with Crippen molar-refractivity contribution in [3.63, 3.8) is 0 Å². The molecule has 3 heterocycles. The molecule has 1 aromatic carbocycles. The van der Waals surface area contributed by atoms with Gasteiger partial charge in [0.25, 0.3) is 5.91 Å². The van der Waals surface area contributed by atoms with Gasteiger partial charge in [0.15, 0.2) is 5.78 Å². The van der Waals surface area contributed by atoms with Gasteiger partial charge >= 0.3 is 0 Å². The number of ether oxygens (including phenoxy) is 1. The minimum absolute atomic E-state index is 0.0794. The van der Waals surface area contributed by atoms with Crippen molar-refractivity contribution in [3.05, 3.63) is 40.4 Å². The first-order valence-electron chi connectivity index (χ1n) is 7.47. The molecule has 6 nitrogen and oxygen atoms in total. The highest BCUT2D eigenvalue weighted by Gasteiger charge is 2.47. The highest BCUT2D eigenvalue weighted by molar-refractivity contribution is 7.07. The van der Waals surface area contributed by atoms with Crippen molar-refractivity contribution in [2.75, 3.05) is 13.1 Å². The quantitative estimate of drug-likeness (QED) is 0.801. The SMILES string of the molecule is Cc1nnsc1C(=O)N1CC[C@@]2(CC(=O)c3ccccc3O2)C1. The number of carbonyl (C=O) groups excluding carboxylic acids is 2. The summed E-state index contributed by atoms with van der Waals surface area (Å²) in [6.45, 7) is 2.77. The number of hydrogen-bond acceptors (Lipinski definition) is 6. The molecule has 1 amide bonds. The predicted molar refractivity (Wildman–Crippen MR) is 83.9 cm³/mol. The van der Waals surface area contributed by atoms with Crippen LogP contribution in [0.2, 0.25) is 0 Å². The summed E-state index contributed by atoms with van der Waals surface area (Å²) in [6.07, 6.45) is 0.970. The molecule has 7 heteroatoms. The molecule has 2 aliphatic heterocycles. The molecule has 2 aliphatic rings. The van der Waals surface area contributed by atoms with Gasteiger partial charge in [-0.2, -0.15) is 0 Å². The molecule has 0 radical (unpaired) electrons. The molecular formula is C16H15N3O3S. The first-order chi connectivity index (χ1) is 11.1. The fourth-order valence-corrected chi connectivity index (χ4v) is 3.89. The van der Waals surface area contributed by atoms with E-state index < -0.39 is 5.60 Å². The average Bonchev–Trinajstić information content (AvgIpc) is 3.13. The van der Waals surface area contributed by atoms with Crippen molar-refractivity contribution in [3.8, 4) is 5.75 Å². The maximum absolute atomic E-state index is 12.6. The van der Waals surface area contributed by atoms with E-state index in [0.717, 1.165) is 11.5 Å². The second-order valence-corrected chi connectivity index (χ2v) is 6.80. The number of nitrogens with zero attached hydrogens (tertiary/aromatic N) is 3. The van der Waals surface area contributed by atoms with E-state index in [9.17, 15) is 9.59 Å². The largest absolute Gasteiger partial charge is 0.484 e. The summed E-state index contributed by atoms with van der Waals surface area (Å²) in [5.74, 6) is 0.620. The number of amides is 1. The maximum Gasteiger partial charge on any atom is 0.267 e. The van der Waals surface area contributed by atoms with E-state index in [1.807, 2.05) is 18.2 Å². The molecule has 1 spiro atoms. The van der Waals surface area contributed by atoms with Crippen LogP contribution < -0.4 is 4.74 Å². The Morgan fingerprint density at radius 3 is 3.00 bits per heavy atom. The third-order valence-electron chi connectivity index (χ3n) is 4.45. The van der Waals surface area contributed by atoms with Crippen LogP contribution in [0.1, 0.15) is 38.6 Å². The Morgan fingerprint density at radius 2 is 2.22 bits per heavy atom. The van der Waals surface area contributed by atoms with Crippen LogP contribution in [0.15, 0.2) is 24.3 Å². The van der Waals surface area contributed by atoms with Crippen LogP contribution in [0, 0.1) is 6.92 Å². The van der Waals surface area contributed by atoms with Gasteiger partial charge in [-0.05, 0) is 30.6 Å². The van der Waals surface area contributed by atoms with Crippen molar-refractivity contribution in [1.29, 1.82) is 0 Å². The number of Topliss-reactive ketones (excluding diaryl/α,β-unsaturated/α-hetero) is 1. The molecule has 2 aromatic rings. The first kappa shape index (κ1) is 14.3. The predicted octanol–water partition coefficient (Wildman–Crippen LogP) is 2.10. The number of hydrogen-bond donors (Lipinski definition) is 0. The number of rotatable bonds is 1. The standard InChI is InChI=1S/C16H15N3O3S/c1-10-14(23-18-17-10)15(21)19-7-6-16(9-19)8-12(20)11-4-2-3-5-13(11)22-16/h2-5H,6-9H2,1H3/t16-/m1/s1. The molecule has 1 saturated heterocycles. The highest BCUT2D eigenvalue weighted by Crippen LogP contribution is 2.39. The lowest BCUT2D eigenvalue weighted by Crippen LogP contribution is -2.45. The van der Waals surface area contributed by atoms with Crippen molar-refractivity contribution in [2.24, 2.45) is 0 Å². The van der Waals surface area contributed by atoms with Crippen molar-refractivity contribution in [2.45, 2.75) is 25.4 Å². The summed E-state index contributed by atoms with van der Waals surface area (Å²) in [5, 5.41) is 3.89. The third-order valence-corrected chi connectivity index (χ3v) is 5.26. The number of ketones is 1. The number of likely N-dealkylation sites (tertiary alicyclic amines) is 1. The Morgan fingerprint density at radius 1 is 1.39 bits per heavy atom. The summed E-state index contributed by atoms with van der Waals surface area (Å²) < 4.78 is 9.96. The Balaban J connectivity index is 1.58. The van der Waals surface area contributed by atoms with Gasteiger partial charge in [-0.15, -0.1) is 5.10 Å². The number of para-hydroxylation sites is 1. The van der Waals surface area contributed by atoms with Crippen LogP contribution in [0.25, 0.3) is 0 Å². The first-order valence-corrected chi connectivity index (χ1v) is 8.25. The Hall–Kier alpha value is -2.28. The molecule has 0 unspecified atom stereocenters. The number of aryl methyl sites for hydroxylation is 1. The van der Waals surface area contributed by atoms with Crippen LogP contribution in [-0.4, -0.2) is 44.9 Å². The van der Waals surface area contributed by atoms with E-state index in [-0.39, 0.29) is 11.7 Å². The minimum atomic E-state index is -0.604. The van der Waals surface area contributed by atoms with Crippen LogP contribution in [-0.2, 0) is 0 Å². The van der Waals surface area contributed by atoms with Crippen LogP contribution in [0.4, 0.5) is 0 Å². The average molecular weight is 329 g/mol. The van der Waals surface area contributed by atoms with Gasteiger partial charge in [0.05, 0.1) is 24.2 Å². The normalized spacial score (nSPS) is 23.0. The van der Waals surface area contributed by atoms with Crippen LogP contribution >= 0.6 is 11.5 Å². The lowest BCUT2D eigenvalue weighted by molar-refractivity contribution is 0.0429. The zero-order chi connectivity index (χ0) is 16.0. The summed E-state index contributed by atoms with van der Waals surface area (Å²) in [4.78, 5) is 27.3. The van der Waals surface area contributed by atoms with Gasteiger partial charge in [0.2, 0.25) is 0 Å². The third kappa shape index (κ3) is 2.31. The van der Waals surface area contributed by atoms with E-state index in [0.29, 0.717) is 47.8 Å². The van der Waals surface area contributed by atoms with Crippen molar-refractivity contribution in [1.82, 2.24) is 14.5 Å². The second kappa shape index (κ2) is 5.13. The van der Waals surface area contributed by atoms with Crippen LogP contribution in [0.5, 0.6) is 5.75 Å². The molecule has 1 aromatic heterocycles. The molecule has 118 valence electrons. The van der Waals surface area contributed by atoms with E-state index in [2.05, 4.69) is 9.59 Å². The highest BCUT2D eigenvalue weighted by atomic mass is 32.1. The van der Waals surface area contributed by atoms with Gasteiger partial charge in [-0.1, -0.05) is 16.6 Å². The number of aromatic nitrogens is 2. The number of carbonyl (C=O) groups is 2. The maximum atomic E-state index is 12.6. The Kier molecular flexibility index (Phi) is 3.19. The smallest absolute Gasteiger partial charge is 0.267 e. The summed E-state index contributed by atoms with van der Waals surface area (Å²) in [5.41, 5.74) is 0.671. The van der Waals surface area contributed by atoms with Gasteiger partial charge in [0, 0.05) is 13.0 Å². The zero-order valence-corrected chi connectivity index (χ0v) is 13.4. The fraction of sp³-hybridized carbons (Fsp3) is 0.375. The van der Waals surface area contributed by atoms with Crippen LogP contribution in [0.3, 0.4) is 0 Å². The second-order valence-electron chi connectivity index (χ2n) is 6.05. The molecule has 23 heavy (non-hydrogen) atoms. The minimum Gasteiger partial charge on any atom is -0.484 e. The molecule has 0 bridgehead atoms. The molecule has 1 fully saturated rings. The molecule has 0 saturated carbocycles. The fourth-order valence-electron chi connectivity index (χ4n) is 3.26. The van der Waals surface area contributed by atoms with Gasteiger partial charge < -0.3 is 9.64 Å². The Bertz CT molecular complexity index is 803. The summed E-state index contributed by atoms with van der Waals surface area (Å²) in [7, 11) is 0. The molecular weight excluding hydrogens is 314 g/mol. The van der Waals surface area contributed by atoms with Crippen molar-refractivity contribution < 1.29 is 14.3 Å². The Labute approximate surface area is 137 Å². The van der Waals surface area contributed by atoms with Gasteiger partial charge in [-0.3, -0.25) is 9.59 Å². The van der Waals surface area contributed by atoms with E-state index in [4.69, 9.17) is 4.74 Å². The number of fused-ring (bicyclic) bond motifs is 1. The molecule has 0 aliphatic carbocycles. The summed E-state index contributed by atoms with van der Waals surface area (Å²) in [6, 6.07) is 7.29. The van der Waals surface area contributed by atoms with Gasteiger partial charge in [0.1, 0.15) is 16.2 Å². The number of benzene rings is 1.